The first-order valence-corrected chi connectivity index (χ1v) is 7.29. The van der Waals surface area contributed by atoms with E-state index in [1.807, 2.05) is 0 Å². The molecule has 1 fully saturated rings. The van der Waals surface area contributed by atoms with E-state index < -0.39 is 42.5 Å². The van der Waals surface area contributed by atoms with Crippen molar-refractivity contribution in [2.45, 2.75) is 36.8 Å². The van der Waals surface area contributed by atoms with Gasteiger partial charge in [-0.1, -0.05) is 0 Å². The largest absolute Gasteiger partial charge is 0.394 e. The Morgan fingerprint density at radius 3 is 2.91 bits per heavy atom. The van der Waals surface area contributed by atoms with Crippen LogP contribution in [-0.2, 0) is 4.74 Å². The van der Waals surface area contributed by atoms with E-state index in [2.05, 4.69) is 4.98 Å². The van der Waals surface area contributed by atoms with Gasteiger partial charge in [0.05, 0.1) is 12.7 Å². The van der Waals surface area contributed by atoms with Crippen LogP contribution in [0, 0.1) is 5.41 Å². The van der Waals surface area contributed by atoms with E-state index in [9.17, 15) is 20.1 Å². The first-order chi connectivity index (χ1) is 10.8. The average molecular weight is 324 g/mol. The zero-order chi connectivity index (χ0) is 16.9. The van der Waals surface area contributed by atoms with E-state index in [-0.39, 0.29) is 12.4 Å². The number of hydrogen-bond acceptors (Lipinski definition) is 6. The molecule has 1 saturated heterocycles. The van der Waals surface area contributed by atoms with Gasteiger partial charge >= 0.3 is 6.03 Å². The summed E-state index contributed by atoms with van der Waals surface area (Å²) in [5.74, 6) is -0.551. The van der Waals surface area contributed by atoms with Crippen molar-refractivity contribution in [1.29, 1.82) is 5.41 Å². The molecule has 2 amide bonds. The highest BCUT2D eigenvalue weighted by Crippen LogP contribution is 2.41. The summed E-state index contributed by atoms with van der Waals surface area (Å²) in [6, 6.07) is 0.868. The van der Waals surface area contributed by atoms with Crippen LogP contribution in [0.2, 0.25) is 0 Å². The van der Waals surface area contributed by atoms with Gasteiger partial charge in [0.1, 0.15) is 23.6 Å². The molecule has 2 aliphatic heterocycles. The van der Waals surface area contributed by atoms with Gasteiger partial charge in [-0.05, 0) is 13.0 Å². The molecule has 5 atom stereocenters. The summed E-state index contributed by atoms with van der Waals surface area (Å²) in [6.07, 6.45) is -1.43. The maximum Gasteiger partial charge on any atom is 0.320 e. The lowest BCUT2D eigenvalue weighted by atomic mass is 9.81. The second kappa shape index (κ2) is 5.31. The number of urea groups is 1. The number of aliphatic hydroxyl groups is 3. The maximum atomic E-state index is 11.6. The van der Waals surface area contributed by atoms with Gasteiger partial charge in [-0.2, -0.15) is 0 Å². The molecule has 1 aromatic heterocycles. The van der Waals surface area contributed by atoms with E-state index >= 15 is 0 Å². The summed E-state index contributed by atoms with van der Waals surface area (Å²) in [5, 5.41) is 38.2. The molecule has 9 heteroatoms. The number of nitrogens with one attached hydrogen (secondary N) is 2. The SMILES string of the molecule is C[C@]1(O)C(C2CN(C(N)=O)C(=N)c3cc[nH]c32)O[C@H](CO)[C@H]1O. The van der Waals surface area contributed by atoms with Gasteiger partial charge in [0.2, 0.25) is 0 Å². The number of hydrogen-bond donors (Lipinski definition) is 6. The fourth-order valence-corrected chi connectivity index (χ4v) is 3.46. The van der Waals surface area contributed by atoms with Gasteiger partial charge in [-0.15, -0.1) is 0 Å². The number of rotatable bonds is 2. The lowest BCUT2D eigenvalue weighted by molar-refractivity contribution is -0.0742. The zero-order valence-electron chi connectivity index (χ0n) is 12.6. The molecular weight excluding hydrogens is 304 g/mol. The number of aliphatic hydroxyl groups excluding tert-OH is 2. The summed E-state index contributed by atoms with van der Waals surface area (Å²) >= 11 is 0. The molecule has 0 aromatic carbocycles. The molecule has 126 valence electrons. The van der Waals surface area contributed by atoms with Crippen molar-refractivity contribution in [2.75, 3.05) is 13.2 Å². The number of ether oxygens (including phenoxy) is 1. The van der Waals surface area contributed by atoms with Crippen LogP contribution in [0.15, 0.2) is 12.3 Å². The minimum atomic E-state index is -1.62. The van der Waals surface area contributed by atoms with Crippen LogP contribution in [0.3, 0.4) is 0 Å². The number of fused-ring (bicyclic) bond motifs is 1. The smallest absolute Gasteiger partial charge is 0.320 e. The summed E-state index contributed by atoms with van der Waals surface area (Å²) in [7, 11) is 0. The monoisotopic (exact) mass is 324 g/mol. The predicted octanol–water partition coefficient (Wildman–Crippen LogP) is -1.31. The van der Waals surface area contributed by atoms with Crippen LogP contribution in [0.1, 0.15) is 24.1 Å². The fourth-order valence-electron chi connectivity index (χ4n) is 3.46. The van der Waals surface area contributed by atoms with E-state index in [4.69, 9.17) is 15.9 Å². The van der Waals surface area contributed by atoms with Gasteiger partial charge in [-0.3, -0.25) is 10.3 Å². The van der Waals surface area contributed by atoms with Crippen molar-refractivity contribution in [2.24, 2.45) is 5.73 Å². The summed E-state index contributed by atoms with van der Waals surface area (Å²) in [5.41, 5.74) is 4.83. The summed E-state index contributed by atoms with van der Waals surface area (Å²) in [4.78, 5) is 15.7. The van der Waals surface area contributed by atoms with Crippen molar-refractivity contribution in [3.05, 3.63) is 23.5 Å². The Bertz CT molecular complexity index is 643. The number of nitrogens with zero attached hydrogens (tertiary/aromatic N) is 1. The minimum absolute atomic E-state index is 0.0260. The van der Waals surface area contributed by atoms with E-state index in [1.54, 1.807) is 12.3 Å². The third-order valence-corrected chi connectivity index (χ3v) is 4.71. The molecule has 0 bridgehead atoms. The predicted molar refractivity (Wildman–Crippen MR) is 79.0 cm³/mol. The minimum Gasteiger partial charge on any atom is -0.394 e. The van der Waals surface area contributed by atoms with Crippen LogP contribution in [0.4, 0.5) is 4.79 Å². The molecule has 3 rings (SSSR count). The van der Waals surface area contributed by atoms with Crippen molar-refractivity contribution >= 4 is 11.9 Å². The quantitative estimate of drug-likeness (QED) is 0.398. The van der Waals surface area contributed by atoms with Crippen LogP contribution >= 0.6 is 0 Å². The molecule has 1 aromatic rings. The lowest BCUT2D eigenvalue weighted by Crippen LogP contribution is -2.54. The molecular formula is C14H20N4O5. The van der Waals surface area contributed by atoms with Crippen LogP contribution in [0.5, 0.6) is 0 Å². The van der Waals surface area contributed by atoms with Crippen molar-refractivity contribution < 1.29 is 24.9 Å². The Morgan fingerprint density at radius 1 is 1.65 bits per heavy atom. The third-order valence-electron chi connectivity index (χ3n) is 4.71. The van der Waals surface area contributed by atoms with Gasteiger partial charge in [0.25, 0.3) is 0 Å². The van der Waals surface area contributed by atoms with Crippen LogP contribution < -0.4 is 5.73 Å². The molecule has 7 N–H and O–H groups in total. The van der Waals surface area contributed by atoms with Crippen molar-refractivity contribution in [3.63, 3.8) is 0 Å². The second-order valence-corrected chi connectivity index (χ2v) is 6.16. The summed E-state index contributed by atoms with van der Waals surface area (Å²) < 4.78 is 5.65. The first-order valence-electron chi connectivity index (χ1n) is 7.29. The first kappa shape index (κ1) is 15.9. The topological polar surface area (TPSA) is 156 Å². The van der Waals surface area contributed by atoms with Gasteiger partial charge in [0.15, 0.2) is 0 Å². The number of amides is 2. The number of H-pyrrole nitrogens is 1. The Kier molecular flexibility index (Phi) is 3.68. The maximum absolute atomic E-state index is 11.6. The lowest BCUT2D eigenvalue weighted by Gasteiger charge is -2.38. The molecule has 0 radical (unpaired) electrons. The molecule has 23 heavy (non-hydrogen) atoms. The number of nitrogens with two attached hydrogens (primary N) is 1. The van der Waals surface area contributed by atoms with Gasteiger partial charge in [-0.25, -0.2) is 4.79 Å². The number of amidine groups is 1. The highest BCUT2D eigenvalue weighted by atomic mass is 16.6. The number of aromatic amines is 1. The van der Waals surface area contributed by atoms with E-state index in [0.29, 0.717) is 11.3 Å². The van der Waals surface area contributed by atoms with Crippen molar-refractivity contribution in [1.82, 2.24) is 9.88 Å². The standard InChI is InChI=1S/C14H20N4O5/c1-14(22)10(20)8(5-19)23-11(14)7-4-18(13(16)21)12(15)6-2-3-17-9(6)7/h2-3,7-8,10-11,15,17,19-20,22H,4-5H2,1H3,(H2,16,21)/t7?,8-,10-,11?,14-/m1/s1. The Morgan fingerprint density at radius 2 is 2.35 bits per heavy atom. The number of carbonyl (C=O) groups is 1. The van der Waals surface area contributed by atoms with Crippen LogP contribution in [0.25, 0.3) is 0 Å². The molecule has 2 unspecified atom stereocenters. The highest BCUT2D eigenvalue weighted by Gasteiger charge is 2.56. The number of carbonyl (C=O) groups excluding carboxylic acids is 1. The van der Waals surface area contributed by atoms with E-state index in [1.165, 1.54) is 6.92 Å². The molecule has 0 spiro atoms. The summed E-state index contributed by atoms with van der Waals surface area (Å²) in [6.45, 7) is 1.02. The normalized spacial score (nSPS) is 37.0. The Labute approximate surface area is 132 Å². The zero-order valence-corrected chi connectivity index (χ0v) is 12.6. The molecule has 0 aliphatic carbocycles. The Hall–Kier alpha value is -1.94. The van der Waals surface area contributed by atoms with Crippen LogP contribution in [-0.4, -0.2) is 74.1 Å². The second-order valence-electron chi connectivity index (χ2n) is 6.16. The molecule has 9 nitrogen and oxygen atoms in total. The average Bonchev–Trinajstić information content (AvgIpc) is 3.05. The highest BCUT2D eigenvalue weighted by molar-refractivity contribution is 6.07. The van der Waals surface area contributed by atoms with Gasteiger partial charge in [0, 0.05) is 29.9 Å². The third kappa shape index (κ3) is 2.24. The number of aromatic nitrogens is 1. The fraction of sp³-hybridized carbons (Fsp3) is 0.571. The molecule has 0 saturated carbocycles. The van der Waals surface area contributed by atoms with E-state index in [0.717, 1.165) is 4.90 Å². The number of primary amides is 1. The van der Waals surface area contributed by atoms with Crippen molar-refractivity contribution in [3.8, 4) is 0 Å². The van der Waals surface area contributed by atoms with Gasteiger partial charge < -0.3 is 30.8 Å². The Balaban J connectivity index is 2.01. The molecule has 3 heterocycles. The molecule has 2 aliphatic rings.